The van der Waals surface area contributed by atoms with Crippen LogP contribution in [-0.2, 0) is 17.6 Å². The molecule has 1 amide bonds. The Hall–Kier alpha value is -3.68. The second-order valence-corrected chi connectivity index (χ2v) is 6.33. The van der Waals surface area contributed by atoms with E-state index >= 15 is 0 Å². The normalized spacial score (nSPS) is 12.2. The van der Waals surface area contributed by atoms with Gasteiger partial charge >= 0.3 is 0 Å². The molecule has 0 bridgehead atoms. The lowest BCUT2D eigenvalue weighted by Gasteiger charge is -2.12. The summed E-state index contributed by atoms with van der Waals surface area (Å²) < 4.78 is 5.35. The van der Waals surface area contributed by atoms with Gasteiger partial charge in [-0.25, -0.2) is 4.98 Å². The molecular formula is C20H20N6O2. The highest BCUT2D eigenvalue weighted by Crippen LogP contribution is 2.28. The van der Waals surface area contributed by atoms with Gasteiger partial charge in [-0.15, -0.1) is 0 Å². The maximum Gasteiger partial charge on any atom is 0.229 e. The van der Waals surface area contributed by atoms with Crippen molar-refractivity contribution in [1.29, 1.82) is 0 Å². The Balaban J connectivity index is 1.45. The topological polar surface area (TPSA) is 101 Å². The molecule has 0 atom stereocenters. The minimum absolute atomic E-state index is 0.00670. The molecular weight excluding hydrogens is 356 g/mol. The standard InChI is InChI=1S/C20H20N6O2/c1-28-17-12-23-20(24-15-5-6-16-13(10-15)11-18(27)25-16)26-19(17)22-9-7-14-4-2-3-8-21-14/h2-6,8,10,12H,7,9,11H2,1H3,(H,25,27)(H2,22,23,24,26). The second-order valence-electron chi connectivity index (χ2n) is 6.33. The number of nitrogens with one attached hydrogen (secondary N) is 3. The summed E-state index contributed by atoms with van der Waals surface area (Å²) in [6, 6.07) is 11.5. The summed E-state index contributed by atoms with van der Waals surface area (Å²) in [7, 11) is 1.58. The fraction of sp³-hybridized carbons (Fsp3) is 0.200. The third-order valence-electron chi connectivity index (χ3n) is 4.36. The smallest absolute Gasteiger partial charge is 0.229 e. The fourth-order valence-corrected chi connectivity index (χ4v) is 3.00. The van der Waals surface area contributed by atoms with E-state index in [4.69, 9.17) is 4.74 Å². The van der Waals surface area contributed by atoms with Crippen LogP contribution in [0.2, 0.25) is 0 Å². The van der Waals surface area contributed by atoms with Gasteiger partial charge in [-0.05, 0) is 35.9 Å². The van der Waals surface area contributed by atoms with Crippen molar-refractivity contribution in [2.24, 2.45) is 0 Å². The lowest BCUT2D eigenvalue weighted by atomic mass is 10.1. The summed E-state index contributed by atoms with van der Waals surface area (Å²) >= 11 is 0. The van der Waals surface area contributed by atoms with Crippen molar-refractivity contribution in [2.75, 3.05) is 29.6 Å². The summed E-state index contributed by atoms with van der Waals surface area (Å²) in [5.41, 5.74) is 3.63. The number of pyridine rings is 1. The van der Waals surface area contributed by atoms with E-state index in [1.165, 1.54) is 0 Å². The average Bonchev–Trinajstić information content (AvgIpc) is 3.08. The molecule has 0 saturated carbocycles. The van der Waals surface area contributed by atoms with Crippen molar-refractivity contribution in [2.45, 2.75) is 12.8 Å². The van der Waals surface area contributed by atoms with E-state index in [0.717, 1.165) is 29.1 Å². The first kappa shape index (κ1) is 17.7. The van der Waals surface area contributed by atoms with Crippen LogP contribution in [0.3, 0.4) is 0 Å². The summed E-state index contributed by atoms with van der Waals surface area (Å²) in [6.07, 6.45) is 4.55. The van der Waals surface area contributed by atoms with E-state index in [1.54, 1.807) is 19.5 Å². The van der Waals surface area contributed by atoms with Crippen LogP contribution >= 0.6 is 0 Å². The first-order valence-corrected chi connectivity index (χ1v) is 8.96. The third kappa shape index (κ3) is 4.01. The van der Waals surface area contributed by atoms with Gasteiger partial charge < -0.3 is 20.7 Å². The molecule has 1 aliphatic heterocycles. The van der Waals surface area contributed by atoms with Crippen molar-refractivity contribution in [3.63, 3.8) is 0 Å². The van der Waals surface area contributed by atoms with Crippen LogP contribution in [0.15, 0.2) is 48.8 Å². The van der Waals surface area contributed by atoms with E-state index in [1.807, 2.05) is 36.4 Å². The van der Waals surface area contributed by atoms with Crippen LogP contribution in [0.5, 0.6) is 5.75 Å². The van der Waals surface area contributed by atoms with Crippen molar-refractivity contribution >= 4 is 29.0 Å². The predicted molar refractivity (Wildman–Crippen MR) is 107 cm³/mol. The van der Waals surface area contributed by atoms with Gasteiger partial charge in [-0.1, -0.05) is 6.07 Å². The van der Waals surface area contributed by atoms with Crippen LogP contribution in [0, 0.1) is 0 Å². The van der Waals surface area contributed by atoms with Gasteiger partial charge in [0.2, 0.25) is 11.9 Å². The van der Waals surface area contributed by atoms with Gasteiger partial charge in [-0.3, -0.25) is 9.78 Å². The van der Waals surface area contributed by atoms with Crippen molar-refractivity contribution in [3.05, 3.63) is 60.0 Å². The van der Waals surface area contributed by atoms with Gasteiger partial charge in [0.25, 0.3) is 0 Å². The first-order chi connectivity index (χ1) is 13.7. The summed E-state index contributed by atoms with van der Waals surface area (Å²) in [4.78, 5) is 24.6. The lowest BCUT2D eigenvalue weighted by molar-refractivity contribution is -0.115. The summed E-state index contributed by atoms with van der Waals surface area (Å²) in [5, 5.41) is 9.27. The van der Waals surface area contributed by atoms with Gasteiger partial charge in [0.05, 0.1) is 19.7 Å². The molecule has 142 valence electrons. The Morgan fingerprint density at radius 3 is 2.96 bits per heavy atom. The molecule has 28 heavy (non-hydrogen) atoms. The number of methoxy groups -OCH3 is 1. The summed E-state index contributed by atoms with van der Waals surface area (Å²) in [5.74, 6) is 1.62. The zero-order valence-corrected chi connectivity index (χ0v) is 15.4. The van der Waals surface area contributed by atoms with Gasteiger partial charge in [0, 0.05) is 36.2 Å². The van der Waals surface area contributed by atoms with Crippen LogP contribution in [0.4, 0.5) is 23.1 Å². The van der Waals surface area contributed by atoms with Crippen molar-refractivity contribution in [3.8, 4) is 5.75 Å². The maximum atomic E-state index is 11.5. The number of carbonyl (C=O) groups excluding carboxylic acids is 1. The zero-order chi connectivity index (χ0) is 19.3. The van der Waals surface area contributed by atoms with Gasteiger partial charge in [0.15, 0.2) is 11.6 Å². The second kappa shape index (κ2) is 7.91. The molecule has 0 saturated heterocycles. The van der Waals surface area contributed by atoms with E-state index in [9.17, 15) is 4.79 Å². The van der Waals surface area contributed by atoms with E-state index in [2.05, 4.69) is 30.9 Å². The number of nitrogens with zero attached hydrogens (tertiary/aromatic N) is 3. The third-order valence-corrected chi connectivity index (χ3v) is 4.36. The Kier molecular flexibility index (Phi) is 5.01. The monoisotopic (exact) mass is 376 g/mol. The van der Waals surface area contributed by atoms with E-state index < -0.39 is 0 Å². The molecule has 3 N–H and O–H groups in total. The van der Waals surface area contributed by atoms with Gasteiger partial charge in [-0.2, -0.15) is 4.98 Å². The van der Waals surface area contributed by atoms with Crippen LogP contribution in [0.25, 0.3) is 0 Å². The number of fused-ring (bicyclic) bond motifs is 1. The number of amides is 1. The average molecular weight is 376 g/mol. The van der Waals surface area contributed by atoms with Crippen molar-refractivity contribution in [1.82, 2.24) is 15.0 Å². The van der Waals surface area contributed by atoms with E-state index in [0.29, 0.717) is 30.5 Å². The number of aromatic nitrogens is 3. The molecule has 8 nitrogen and oxygen atoms in total. The van der Waals surface area contributed by atoms with Crippen LogP contribution in [0.1, 0.15) is 11.3 Å². The number of benzene rings is 1. The molecule has 0 fully saturated rings. The molecule has 0 aliphatic carbocycles. The maximum absolute atomic E-state index is 11.5. The Labute approximate surface area is 162 Å². The number of carbonyl (C=O) groups is 1. The molecule has 0 radical (unpaired) electrons. The highest BCUT2D eigenvalue weighted by atomic mass is 16.5. The summed E-state index contributed by atoms with van der Waals surface area (Å²) in [6.45, 7) is 0.663. The molecule has 8 heteroatoms. The minimum Gasteiger partial charge on any atom is -0.491 e. The fourth-order valence-electron chi connectivity index (χ4n) is 3.00. The van der Waals surface area contributed by atoms with E-state index in [-0.39, 0.29) is 5.91 Å². The van der Waals surface area contributed by atoms with Crippen LogP contribution in [-0.4, -0.2) is 34.5 Å². The SMILES string of the molecule is COc1cnc(Nc2ccc3c(c2)CC(=O)N3)nc1NCCc1ccccn1. The molecule has 0 unspecified atom stereocenters. The molecule has 4 rings (SSSR count). The van der Waals surface area contributed by atoms with Crippen LogP contribution < -0.4 is 20.7 Å². The molecule has 1 aromatic carbocycles. The largest absolute Gasteiger partial charge is 0.491 e. The number of anilines is 4. The number of hydrogen-bond donors (Lipinski definition) is 3. The Bertz CT molecular complexity index is 993. The Morgan fingerprint density at radius 2 is 2.14 bits per heavy atom. The first-order valence-electron chi connectivity index (χ1n) is 8.96. The number of hydrogen-bond acceptors (Lipinski definition) is 7. The molecule has 3 aromatic rings. The quantitative estimate of drug-likeness (QED) is 0.583. The molecule has 2 aromatic heterocycles. The molecule has 0 spiro atoms. The number of rotatable bonds is 7. The molecule has 3 heterocycles. The Morgan fingerprint density at radius 1 is 1.21 bits per heavy atom. The minimum atomic E-state index is 0.00670. The zero-order valence-electron chi connectivity index (χ0n) is 15.4. The van der Waals surface area contributed by atoms with Gasteiger partial charge in [0.1, 0.15) is 0 Å². The predicted octanol–water partition coefficient (Wildman–Crippen LogP) is 2.77. The highest BCUT2D eigenvalue weighted by molar-refractivity contribution is 5.99. The van der Waals surface area contributed by atoms with Crippen molar-refractivity contribution < 1.29 is 9.53 Å². The molecule has 1 aliphatic rings. The highest BCUT2D eigenvalue weighted by Gasteiger charge is 2.17. The number of ether oxygens (including phenoxy) is 1. The lowest BCUT2D eigenvalue weighted by Crippen LogP contribution is -2.10.